The molecule has 0 saturated heterocycles. The van der Waals surface area contributed by atoms with E-state index in [9.17, 15) is 13.9 Å². The summed E-state index contributed by atoms with van der Waals surface area (Å²) < 4.78 is 34.0. The molecule has 2 aromatic rings. The van der Waals surface area contributed by atoms with Gasteiger partial charge >= 0.3 is 6.61 Å². The molecular weight excluding hydrogens is 531 g/mol. The van der Waals surface area contributed by atoms with Gasteiger partial charge in [0, 0.05) is 23.7 Å². The summed E-state index contributed by atoms with van der Waals surface area (Å²) in [6.07, 6.45) is -0.857. The average molecular weight is 556 g/mol. The topological polar surface area (TPSA) is 75.1 Å². The molecule has 0 heterocycles. The molecule has 0 bridgehead atoms. The van der Waals surface area contributed by atoms with Gasteiger partial charge in [-0.25, -0.2) is 4.99 Å². The quantitative estimate of drug-likeness (QED) is 0.244. The maximum absolute atomic E-state index is 12.2. The molecule has 0 aliphatic rings. The van der Waals surface area contributed by atoms with Crippen molar-refractivity contribution in [1.29, 1.82) is 0 Å². The van der Waals surface area contributed by atoms with E-state index < -0.39 is 12.7 Å². The van der Waals surface area contributed by atoms with Crippen molar-refractivity contribution in [2.24, 2.45) is 4.99 Å². The van der Waals surface area contributed by atoms with Crippen molar-refractivity contribution < 1.29 is 23.4 Å². The van der Waals surface area contributed by atoms with Crippen molar-refractivity contribution in [2.75, 3.05) is 20.2 Å². The van der Waals surface area contributed by atoms with Gasteiger partial charge in [0.25, 0.3) is 0 Å². The SMILES string of the molecule is CCNC(=NCc1ccc(Cl)cc1OC)NCC(O)c1ccc(OC(F)F)cc1.I. The van der Waals surface area contributed by atoms with Crippen molar-refractivity contribution in [3.8, 4) is 11.5 Å². The van der Waals surface area contributed by atoms with Gasteiger partial charge in [-0.15, -0.1) is 24.0 Å². The van der Waals surface area contributed by atoms with Crippen LogP contribution in [0.15, 0.2) is 47.5 Å². The highest BCUT2D eigenvalue weighted by Crippen LogP contribution is 2.23. The van der Waals surface area contributed by atoms with Gasteiger partial charge in [0.15, 0.2) is 5.96 Å². The van der Waals surface area contributed by atoms with Gasteiger partial charge in [-0.1, -0.05) is 29.8 Å². The molecule has 0 aliphatic heterocycles. The van der Waals surface area contributed by atoms with E-state index >= 15 is 0 Å². The van der Waals surface area contributed by atoms with Crippen LogP contribution in [0.25, 0.3) is 0 Å². The number of hydrogen-bond acceptors (Lipinski definition) is 4. The number of ether oxygens (including phenoxy) is 2. The molecule has 2 rings (SSSR count). The highest BCUT2D eigenvalue weighted by Gasteiger charge is 2.11. The van der Waals surface area contributed by atoms with E-state index in [2.05, 4.69) is 20.4 Å². The molecule has 1 atom stereocenters. The molecule has 0 spiro atoms. The molecule has 1 unspecified atom stereocenters. The van der Waals surface area contributed by atoms with E-state index in [-0.39, 0.29) is 36.3 Å². The number of nitrogens with zero attached hydrogens (tertiary/aromatic N) is 1. The predicted octanol–water partition coefficient (Wildman–Crippen LogP) is 4.36. The Kier molecular flexibility index (Phi) is 11.7. The van der Waals surface area contributed by atoms with Crippen molar-refractivity contribution in [3.63, 3.8) is 0 Å². The first-order valence-electron chi connectivity index (χ1n) is 9.00. The Bertz CT molecular complexity index is 810. The summed E-state index contributed by atoms with van der Waals surface area (Å²) in [6.45, 7) is 0.215. The molecule has 0 amide bonds. The van der Waals surface area contributed by atoms with E-state index in [4.69, 9.17) is 16.3 Å². The van der Waals surface area contributed by atoms with E-state index in [1.807, 2.05) is 13.0 Å². The molecule has 166 valence electrons. The van der Waals surface area contributed by atoms with Crippen molar-refractivity contribution >= 4 is 41.5 Å². The van der Waals surface area contributed by atoms with Crippen LogP contribution in [0.4, 0.5) is 8.78 Å². The Morgan fingerprint density at radius 2 is 1.87 bits per heavy atom. The molecule has 0 aromatic heterocycles. The molecule has 6 nitrogen and oxygen atoms in total. The Labute approximate surface area is 196 Å². The van der Waals surface area contributed by atoms with Gasteiger partial charge in [0.1, 0.15) is 11.5 Å². The zero-order valence-corrected chi connectivity index (χ0v) is 19.7. The summed E-state index contributed by atoms with van der Waals surface area (Å²) in [7, 11) is 1.57. The van der Waals surface area contributed by atoms with Gasteiger partial charge in [0.05, 0.1) is 19.8 Å². The lowest BCUT2D eigenvalue weighted by atomic mass is 10.1. The van der Waals surface area contributed by atoms with Crippen LogP contribution in [0.3, 0.4) is 0 Å². The number of alkyl halides is 2. The molecule has 0 fully saturated rings. The Morgan fingerprint density at radius 3 is 2.47 bits per heavy atom. The van der Waals surface area contributed by atoms with E-state index in [1.165, 1.54) is 24.3 Å². The Hall–Kier alpha value is -1.85. The van der Waals surface area contributed by atoms with Gasteiger partial charge in [-0.3, -0.25) is 0 Å². The molecule has 30 heavy (non-hydrogen) atoms. The van der Waals surface area contributed by atoms with Crippen LogP contribution < -0.4 is 20.1 Å². The number of hydrogen-bond donors (Lipinski definition) is 3. The molecular formula is C20H25ClF2IN3O3. The number of benzene rings is 2. The lowest BCUT2D eigenvalue weighted by Gasteiger charge is -2.16. The van der Waals surface area contributed by atoms with Crippen LogP contribution in [0.2, 0.25) is 5.02 Å². The summed E-state index contributed by atoms with van der Waals surface area (Å²) in [5.74, 6) is 1.19. The fourth-order valence-corrected chi connectivity index (χ4v) is 2.70. The second kappa shape index (κ2) is 13.5. The minimum atomic E-state index is -2.88. The fraction of sp³-hybridized carbons (Fsp3) is 0.350. The van der Waals surface area contributed by atoms with E-state index in [0.717, 1.165) is 5.56 Å². The second-order valence-electron chi connectivity index (χ2n) is 6.00. The third kappa shape index (κ3) is 8.49. The van der Waals surface area contributed by atoms with Crippen LogP contribution in [-0.4, -0.2) is 37.9 Å². The molecule has 0 aliphatic carbocycles. The molecule has 2 aromatic carbocycles. The monoisotopic (exact) mass is 555 g/mol. The number of aliphatic imine (C=N–C) groups is 1. The molecule has 3 N–H and O–H groups in total. The highest BCUT2D eigenvalue weighted by molar-refractivity contribution is 14.0. The first-order valence-corrected chi connectivity index (χ1v) is 9.38. The van der Waals surface area contributed by atoms with Crippen molar-refractivity contribution in [3.05, 3.63) is 58.6 Å². The zero-order valence-electron chi connectivity index (χ0n) is 16.6. The van der Waals surface area contributed by atoms with Crippen LogP contribution >= 0.6 is 35.6 Å². The third-order valence-corrected chi connectivity index (χ3v) is 4.19. The lowest BCUT2D eigenvalue weighted by molar-refractivity contribution is -0.0498. The van der Waals surface area contributed by atoms with Gasteiger partial charge in [-0.2, -0.15) is 8.78 Å². The number of aliphatic hydroxyl groups excluding tert-OH is 1. The minimum absolute atomic E-state index is 0. The first-order chi connectivity index (χ1) is 13.9. The normalized spacial score (nSPS) is 12.2. The average Bonchev–Trinajstić information content (AvgIpc) is 2.70. The minimum Gasteiger partial charge on any atom is -0.496 e. The Balaban J connectivity index is 0.00000450. The summed E-state index contributed by atoms with van der Waals surface area (Å²) in [6, 6.07) is 11.2. The number of nitrogens with one attached hydrogen (secondary N) is 2. The smallest absolute Gasteiger partial charge is 0.387 e. The summed E-state index contributed by atoms with van der Waals surface area (Å²) in [5, 5.41) is 17.1. The van der Waals surface area contributed by atoms with E-state index in [0.29, 0.717) is 35.4 Å². The third-order valence-electron chi connectivity index (χ3n) is 3.95. The Morgan fingerprint density at radius 1 is 1.17 bits per heavy atom. The fourth-order valence-electron chi connectivity index (χ4n) is 2.54. The van der Waals surface area contributed by atoms with Crippen molar-refractivity contribution in [1.82, 2.24) is 10.6 Å². The van der Waals surface area contributed by atoms with Crippen LogP contribution in [0.1, 0.15) is 24.2 Å². The molecule has 10 heteroatoms. The number of halogens is 4. The number of rotatable bonds is 9. The van der Waals surface area contributed by atoms with E-state index in [1.54, 1.807) is 19.2 Å². The molecule has 0 saturated carbocycles. The molecule has 0 radical (unpaired) electrons. The summed E-state index contributed by atoms with van der Waals surface area (Å²) in [5.41, 5.74) is 1.43. The lowest BCUT2D eigenvalue weighted by Crippen LogP contribution is -2.39. The predicted molar refractivity (Wildman–Crippen MR) is 124 cm³/mol. The van der Waals surface area contributed by atoms with Gasteiger partial charge in [-0.05, 0) is 36.8 Å². The number of aliphatic hydroxyl groups is 1. The summed E-state index contributed by atoms with van der Waals surface area (Å²) >= 11 is 5.97. The standard InChI is InChI=1S/C20H24ClF2N3O3.HI/c1-3-24-20(25-11-14-4-7-15(21)10-18(14)28-2)26-12-17(27)13-5-8-16(9-6-13)29-19(22)23;/h4-10,17,19,27H,3,11-12H2,1-2H3,(H2,24,25,26);1H. The largest absolute Gasteiger partial charge is 0.496 e. The van der Waals surface area contributed by atoms with Gasteiger partial charge in [0.2, 0.25) is 0 Å². The zero-order chi connectivity index (χ0) is 21.2. The maximum Gasteiger partial charge on any atom is 0.387 e. The summed E-state index contributed by atoms with van der Waals surface area (Å²) in [4.78, 5) is 4.49. The number of guanidine groups is 1. The van der Waals surface area contributed by atoms with Crippen LogP contribution in [0, 0.1) is 0 Å². The van der Waals surface area contributed by atoms with Gasteiger partial charge < -0.3 is 25.2 Å². The van der Waals surface area contributed by atoms with Crippen molar-refractivity contribution in [2.45, 2.75) is 26.2 Å². The maximum atomic E-state index is 12.2. The first kappa shape index (κ1) is 26.2. The van der Waals surface area contributed by atoms with Crippen LogP contribution in [0.5, 0.6) is 11.5 Å². The second-order valence-corrected chi connectivity index (χ2v) is 6.43. The highest BCUT2D eigenvalue weighted by atomic mass is 127. The van der Waals surface area contributed by atoms with Crippen LogP contribution in [-0.2, 0) is 6.54 Å². The number of methoxy groups -OCH3 is 1.